The second-order valence-corrected chi connectivity index (χ2v) is 5.68. The molecule has 0 radical (unpaired) electrons. The summed E-state index contributed by atoms with van der Waals surface area (Å²) in [5.74, 6) is 0.655. The Labute approximate surface area is 94.7 Å². The molecule has 0 aliphatic heterocycles. The third kappa shape index (κ3) is 3.76. The van der Waals surface area contributed by atoms with Gasteiger partial charge in [0.1, 0.15) is 0 Å². The predicted octanol–water partition coefficient (Wildman–Crippen LogP) is 2.66. The lowest BCUT2D eigenvalue weighted by Crippen LogP contribution is -2.47. The summed E-state index contributed by atoms with van der Waals surface area (Å²) in [4.78, 5) is 2.32. The predicted molar refractivity (Wildman–Crippen MR) is 65.0 cm³/mol. The van der Waals surface area contributed by atoms with E-state index in [4.69, 9.17) is 0 Å². The Morgan fingerprint density at radius 1 is 1.13 bits per heavy atom. The molecule has 0 aromatic heterocycles. The zero-order chi connectivity index (χ0) is 11.5. The standard InChI is InChI=1S/C13H27NO/c1-11(2)12(3)14(4)10-13(15)8-6-5-7-9-13/h11-12,15H,5-10H2,1-4H3. The van der Waals surface area contributed by atoms with Crippen molar-refractivity contribution in [1.29, 1.82) is 0 Å². The number of hydrogen-bond acceptors (Lipinski definition) is 2. The molecule has 0 aromatic carbocycles. The Hall–Kier alpha value is -0.0800. The van der Waals surface area contributed by atoms with Crippen LogP contribution in [0.3, 0.4) is 0 Å². The van der Waals surface area contributed by atoms with Gasteiger partial charge in [-0.25, -0.2) is 0 Å². The minimum Gasteiger partial charge on any atom is -0.389 e. The quantitative estimate of drug-likeness (QED) is 0.776. The van der Waals surface area contributed by atoms with Gasteiger partial charge in [0, 0.05) is 12.6 Å². The van der Waals surface area contributed by atoms with Crippen LogP contribution >= 0.6 is 0 Å². The van der Waals surface area contributed by atoms with Crippen molar-refractivity contribution in [2.24, 2.45) is 5.92 Å². The molecule has 2 nitrogen and oxygen atoms in total. The van der Waals surface area contributed by atoms with Crippen molar-refractivity contribution in [3.05, 3.63) is 0 Å². The van der Waals surface area contributed by atoms with E-state index in [-0.39, 0.29) is 0 Å². The lowest BCUT2D eigenvalue weighted by atomic mass is 9.84. The van der Waals surface area contributed by atoms with E-state index in [1.165, 1.54) is 19.3 Å². The van der Waals surface area contributed by atoms with Crippen LogP contribution in [0.5, 0.6) is 0 Å². The normalized spacial score (nSPS) is 23.4. The van der Waals surface area contributed by atoms with Crippen LogP contribution in [0.1, 0.15) is 52.9 Å². The average Bonchev–Trinajstić information content (AvgIpc) is 2.16. The Morgan fingerprint density at radius 2 is 1.67 bits per heavy atom. The highest BCUT2D eigenvalue weighted by atomic mass is 16.3. The van der Waals surface area contributed by atoms with E-state index in [9.17, 15) is 5.11 Å². The fourth-order valence-corrected chi connectivity index (χ4v) is 2.49. The fraction of sp³-hybridized carbons (Fsp3) is 1.00. The topological polar surface area (TPSA) is 23.5 Å². The molecule has 1 rings (SSSR count). The van der Waals surface area contributed by atoms with E-state index < -0.39 is 5.60 Å². The molecule has 0 amide bonds. The molecule has 1 fully saturated rings. The van der Waals surface area contributed by atoms with Crippen LogP contribution in [-0.2, 0) is 0 Å². The van der Waals surface area contributed by atoms with Gasteiger partial charge in [-0.05, 0) is 32.7 Å². The van der Waals surface area contributed by atoms with Crippen LogP contribution in [0.25, 0.3) is 0 Å². The summed E-state index contributed by atoms with van der Waals surface area (Å²) in [6.07, 6.45) is 5.66. The van der Waals surface area contributed by atoms with E-state index in [2.05, 4.69) is 32.7 Å². The molecule has 90 valence electrons. The highest BCUT2D eigenvalue weighted by molar-refractivity contribution is 4.86. The van der Waals surface area contributed by atoms with Gasteiger partial charge >= 0.3 is 0 Å². The van der Waals surface area contributed by atoms with Gasteiger partial charge in [-0.15, -0.1) is 0 Å². The monoisotopic (exact) mass is 213 g/mol. The first kappa shape index (κ1) is 13.0. The lowest BCUT2D eigenvalue weighted by Gasteiger charge is -2.38. The summed E-state index contributed by atoms with van der Waals surface area (Å²) in [7, 11) is 2.14. The van der Waals surface area contributed by atoms with Crippen LogP contribution in [0.4, 0.5) is 0 Å². The first-order chi connectivity index (χ1) is 6.94. The van der Waals surface area contributed by atoms with Gasteiger partial charge < -0.3 is 10.0 Å². The minimum absolute atomic E-state index is 0.407. The Kier molecular flexibility index (Phi) is 4.60. The summed E-state index contributed by atoms with van der Waals surface area (Å²) in [5.41, 5.74) is -0.407. The zero-order valence-corrected chi connectivity index (χ0v) is 10.8. The van der Waals surface area contributed by atoms with E-state index >= 15 is 0 Å². The fourth-order valence-electron chi connectivity index (χ4n) is 2.49. The van der Waals surface area contributed by atoms with Crippen LogP contribution in [0, 0.1) is 5.92 Å². The first-order valence-electron chi connectivity index (χ1n) is 6.37. The molecule has 15 heavy (non-hydrogen) atoms. The van der Waals surface area contributed by atoms with Crippen molar-refractivity contribution in [3.8, 4) is 0 Å². The lowest BCUT2D eigenvalue weighted by molar-refractivity contribution is -0.0314. The van der Waals surface area contributed by atoms with Crippen molar-refractivity contribution in [3.63, 3.8) is 0 Å². The molecule has 0 aromatic rings. The maximum Gasteiger partial charge on any atom is 0.0774 e. The summed E-state index contributed by atoms with van der Waals surface area (Å²) < 4.78 is 0. The van der Waals surface area contributed by atoms with Crippen molar-refractivity contribution in [2.45, 2.75) is 64.5 Å². The third-order valence-electron chi connectivity index (χ3n) is 3.99. The van der Waals surface area contributed by atoms with Crippen molar-refractivity contribution < 1.29 is 5.11 Å². The molecular formula is C13H27NO. The maximum atomic E-state index is 10.4. The van der Waals surface area contributed by atoms with Crippen molar-refractivity contribution >= 4 is 0 Å². The number of hydrogen-bond donors (Lipinski definition) is 1. The van der Waals surface area contributed by atoms with E-state index in [0.29, 0.717) is 12.0 Å². The van der Waals surface area contributed by atoms with Gasteiger partial charge in [0.25, 0.3) is 0 Å². The van der Waals surface area contributed by atoms with Crippen LogP contribution < -0.4 is 0 Å². The maximum absolute atomic E-state index is 10.4. The largest absolute Gasteiger partial charge is 0.389 e. The highest BCUT2D eigenvalue weighted by Crippen LogP contribution is 2.29. The molecule has 1 saturated carbocycles. The number of aliphatic hydroxyl groups is 1. The van der Waals surface area contributed by atoms with E-state index in [1.807, 2.05) is 0 Å². The molecule has 0 bridgehead atoms. The van der Waals surface area contributed by atoms with Crippen LogP contribution in [0.2, 0.25) is 0 Å². The SMILES string of the molecule is CC(C)C(C)N(C)CC1(O)CCCCC1. The zero-order valence-electron chi connectivity index (χ0n) is 10.8. The van der Waals surface area contributed by atoms with Gasteiger partial charge in [-0.2, -0.15) is 0 Å². The van der Waals surface area contributed by atoms with Crippen LogP contribution in [0.15, 0.2) is 0 Å². The Morgan fingerprint density at radius 3 is 2.13 bits per heavy atom. The molecule has 1 aliphatic carbocycles. The second-order valence-electron chi connectivity index (χ2n) is 5.68. The summed E-state index contributed by atoms with van der Waals surface area (Å²) in [6, 6.07) is 0.552. The van der Waals surface area contributed by atoms with Gasteiger partial charge in [0.15, 0.2) is 0 Å². The van der Waals surface area contributed by atoms with Gasteiger partial charge in [0.05, 0.1) is 5.60 Å². The van der Waals surface area contributed by atoms with E-state index in [1.54, 1.807) is 0 Å². The number of nitrogens with zero attached hydrogens (tertiary/aromatic N) is 1. The van der Waals surface area contributed by atoms with Crippen LogP contribution in [-0.4, -0.2) is 35.2 Å². The third-order valence-corrected chi connectivity index (χ3v) is 3.99. The molecular weight excluding hydrogens is 186 g/mol. The molecule has 1 N–H and O–H groups in total. The van der Waals surface area contributed by atoms with E-state index in [0.717, 1.165) is 19.4 Å². The summed E-state index contributed by atoms with van der Waals surface area (Å²) in [6.45, 7) is 7.57. The van der Waals surface area contributed by atoms with Crippen molar-refractivity contribution in [2.75, 3.05) is 13.6 Å². The Balaban J connectivity index is 2.45. The molecule has 2 heteroatoms. The smallest absolute Gasteiger partial charge is 0.0774 e. The first-order valence-corrected chi connectivity index (χ1v) is 6.37. The number of rotatable bonds is 4. The molecule has 1 unspecified atom stereocenters. The average molecular weight is 213 g/mol. The highest BCUT2D eigenvalue weighted by Gasteiger charge is 2.31. The summed E-state index contributed by atoms with van der Waals surface area (Å²) in [5, 5.41) is 10.4. The summed E-state index contributed by atoms with van der Waals surface area (Å²) >= 11 is 0. The minimum atomic E-state index is -0.407. The molecule has 0 heterocycles. The Bertz CT molecular complexity index is 185. The molecule has 1 atom stereocenters. The molecule has 0 saturated heterocycles. The molecule has 1 aliphatic rings. The molecule has 0 spiro atoms. The second kappa shape index (κ2) is 5.31. The van der Waals surface area contributed by atoms with Gasteiger partial charge in [0.2, 0.25) is 0 Å². The van der Waals surface area contributed by atoms with Crippen molar-refractivity contribution in [1.82, 2.24) is 4.90 Å². The number of likely N-dealkylation sites (N-methyl/N-ethyl adjacent to an activating group) is 1. The van der Waals surface area contributed by atoms with Gasteiger partial charge in [-0.3, -0.25) is 0 Å². The van der Waals surface area contributed by atoms with Gasteiger partial charge in [-0.1, -0.05) is 33.1 Å².